The summed E-state index contributed by atoms with van der Waals surface area (Å²) in [5.74, 6) is 0.109. The van der Waals surface area contributed by atoms with Crippen LogP contribution in [0.5, 0.6) is 0 Å². The van der Waals surface area contributed by atoms with Gasteiger partial charge in [-0.2, -0.15) is 0 Å². The number of piperazine rings is 1. The Morgan fingerprint density at radius 2 is 1.50 bits per heavy atom. The molecule has 7 heteroatoms. The van der Waals surface area contributed by atoms with E-state index < -0.39 is 0 Å². The number of carbonyl (C=O) groups excluding carboxylic acids is 2. The van der Waals surface area contributed by atoms with Gasteiger partial charge in [0.15, 0.2) is 0 Å². The van der Waals surface area contributed by atoms with E-state index in [1.807, 2.05) is 9.80 Å². The highest BCUT2D eigenvalue weighted by Gasteiger charge is 2.27. The van der Waals surface area contributed by atoms with Crippen molar-refractivity contribution in [3.8, 4) is 0 Å². The Balaban J connectivity index is 1.76. The lowest BCUT2D eigenvalue weighted by atomic mass is 10.3. The number of ether oxygens (including phenoxy) is 1. The summed E-state index contributed by atoms with van der Waals surface area (Å²) in [5.41, 5.74) is 0. The first-order valence-electron chi connectivity index (χ1n) is 7.12. The minimum Gasteiger partial charge on any atom is -0.378 e. The molecule has 7 nitrogen and oxygen atoms in total. The van der Waals surface area contributed by atoms with Gasteiger partial charge in [-0.1, -0.05) is 0 Å². The fourth-order valence-electron chi connectivity index (χ4n) is 2.38. The van der Waals surface area contributed by atoms with Crippen LogP contribution in [0.15, 0.2) is 0 Å². The van der Waals surface area contributed by atoms with E-state index in [1.165, 1.54) is 0 Å². The highest BCUT2D eigenvalue weighted by Crippen LogP contribution is 2.08. The fraction of sp³-hybridized carbons (Fsp3) is 0.846. The predicted molar refractivity (Wildman–Crippen MR) is 74.5 cm³/mol. The molecule has 0 bridgehead atoms. The number of hydrogen-bond acceptors (Lipinski definition) is 4. The van der Waals surface area contributed by atoms with Gasteiger partial charge in [0.05, 0.1) is 19.8 Å². The van der Waals surface area contributed by atoms with Crippen molar-refractivity contribution in [3.05, 3.63) is 0 Å². The fourth-order valence-corrected chi connectivity index (χ4v) is 2.38. The molecule has 2 fully saturated rings. The summed E-state index contributed by atoms with van der Waals surface area (Å²) in [6.45, 7) is 5.95. The van der Waals surface area contributed by atoms with Gasteiger partial charge in [0.2, 0.25) is 5.91 Å². The SMILES string of the molecule is CN(C)C(=O)CN1CCN(C(=O)N2CCOCC2)CC1. The van der Waals surface area contributed by atoms with Crippen LogP contribution in [0.1, 0.15) is 0 Å². The lowest BCUT2D eigenvalue weighted by Gasteiger charge is -2.38. The third-order valence-electron chi connectivity index (χ3n) is 3.78. The first-order valence-corrected chi connectivity index (χ1v) is 7.12. The van der Waals surface area contributed by atoms with Crippen LogP contribution in [0.4, 0.5) is 4.79 Å². The smallest absolute Gasteiger partial charge is 0.320 e. The number of nitrogens with zero attached hydrogens (tertiary/aromatic N) is 4. The van der Waals surface area contributed by atoms with Crippen LogP contribution in [0.25, 0.3) is 0 Å². The Hall–Kier alpha value is -1.34. The molecule has 2 aliphatic rings. The maximum absolute atomic E-state index is 12.3. The number of morpholine rings is 1. The van der Waals surface area contributed by atoms with Gasteiger partial charge >= 0.3 is 6.03 Å². The minimum atomic E-state index is 0.104. The van der Waals surface area contributed by atoms with Gasteiger partial charge in [0, 0.05) is 53.4 Å². The van der Waals surface area contributed by atoms with Crippen LogP contribution in [-0.2, 0) is 9.53 Å². The van der Waals surface area contributed by atoms with Crippen molar-refractivity contribution in [2.75, 3.05) is 73.1 Å². The molecule has 0 atom stereocenters. The molecule has 0 radical (unpaired) electrons. The Morgan fingerprint density at radius 1 is 0.950 bits per heavy atom. The Bertz CT molecular complexity index is 348. The number of amides is 3. The predicted octanol–water partition coefficient (Wildman–Crippen LogP) is -0.856. The van der Waals surface area contributed by atoms with Crippen LogP contribution in [0.2, 0.25) is 0 Å². The quantitative estimate of drug-likeness (QED) is 0.662. The lowest BCUT2D eigenvalue weighted by Crippen LogP contribution is -2.55. The van der Waals surface area contributed by atoms with Gasteiger partial charge in [0.25, 0.3) is 0 Å². The summed E-state index contributed by atoms with van der Waals surface area (Å²) in [4.78, 5) is 31.4. The van der Waals surface area contributed by atoms with E-state index in [1.54, 1.807) is 19.0 Å². The normalized spacial score (nSPS) is 20.9. The molecule has 2 aliphatic heterocycles. The zero-order valence-electron chi connectivity index (χ0n) is 12.4. The van der Waals surface area contributed by atoms with Gasteiger partial charge in [-0.3, -0.25) is 9.69 Å². The molecule has 2 rings (SSSR count). The number of hydrogen-bond donors (Lipinski definition) is 0. The molecule has 114 valence electrons. The third kappa shape index (κ3) is 3.83. The average Bonchev–Trinajstić information content (AvgIpc) is 2.48. The van der Waals surface area contributed by atoms with Gasteiger partial charge in [0.1, 0.15) is 0 Å². The molecule has 0 unspecified atom stereocenters. The largest absolute Gasteiger partial charge is 0.378 e. The monoisotopic (exact) mass is 284 g/mol. The van der Waals surface area contributed by atoms with Crippen LogP contribution in [-0.4, -0.2) is 105 Å². The van der Waals surface area contributed by atoms with E-state index in [9.17, 15) is 9.59 Å². The Labute approximate surface area is 120 Å². The molecule has 2 heterocycles. The molecule has 20 heavy (non-hydrogen) atoms. The van der Waals surface area contributed by atoms with Crippen molar-refractivity contribution in [2.45, 2.75) is 0 Å². The zero-order chi connectivity index (χ0) is 14.5. The number of rotatable bonds is 2. The summed E-state index contributed by atoms with van der Waals surface area (Å²) >= 11 is 0. The summed E-state index contributed by atoms with van der Waals surface area (Å²) < 4.78 is 5.26. The average molecular weight is 284 g/mol. The van der Waals surface area contributed by atoms with Crippen LogP contribution in [0, 0.1) is 0 Å². The zero-order valence-corrected chi connectivity index (χ0v) is 12.4. The maximum atomic E-state index is 12.3. The van der Waals surface area contributed by atoms with Crippen molar-refractivity contribution < 1.29 is 14.3 Å². The lowest BCUT2D eigenvalue weighted by molar-refractivity contribution is -0.130. The van der Waals surface area contributed by atoms with Crippen molar-refractivity contribution in [1.29, 1.82) is 0 Å². The van der Waals surface area contributed by atoms with E-state index in [4.69, 9.17) is 4.74 Å². The van der Waals surface area contributed by atoms with Crippen LogP contribution in [0.3, 0.4) is 0 Å². The molecule has 0 spiro atoms. The van der Waals surface area contributed by atoms with E-state index in [0.717, 1.165) is 13.1 Å². The van der Waals surface area contributed by atoms with Crippen molar-refractivity contribution >= 4 is 11.9 Å². The van der Waals surface area contributed by atoms with Crippen LogP contribution >= 0.6 is 0 Å². The molecule has 0 aromatic heterocycles. The van der Waals surface area contributed by atoms with Crippen molar-refractivity contribution in [1.82, 2.24) is 19.6 Å². The topological polar surface area (TPSA) is 56.3 Å². The Kier molecular flexibility index (Phi) is 5.19. The van der Waals surface area contributed by atoms with E-state index in [2.05, 4.69) is 4.90 Å². The Morgan fingerprint density at radius 3 is 2.05 bits per heavy atom. The summed E-state index contributed by atoms with van der Waals surface area (Å²) in [6, 6.07) is 0.104. The van der Waals surface area contributed by atoms with Gasteiger partial charge in [-0.15, -0.1) is 0 Å². The third-order valence-corrected chi connectivity index (χ3v) is 3.78. The second-order valence-corrected chi connectivity index (χ2v) is 5.43. The van der Waals surface area contributed by atoms with Gasteiger partial charge in [-0.25, -0.2) is 4.79 Å². The summed E-state index contributed by atoms with van der Waals surface area (Å²) in [6.07, 6.45) is 0. The number of urea groups is 1. The molecule has 0 N–H and O–H groups in total. The summed E-state index contributed by atoms with van der Waals surface area (Å²) in [7, 11) is 3.53. The van der Waals surface area contributed by atoms with Gasteiger partial charge in [-0.05, 0) is 0 Å². The maximum Gasteiger partial charge on any atom is 0.320 e. The summed E-state index contributed by atoms with van der Waals surface area (Å²) in [5, 5.41) is 0. The number of carbonyl (C=O) groups is 2. The van der Waals surface area contributed by atoms with Crippen molar-refractivity contribution in [2.24, 2.45) is 0 Å². The molecule has 0 saturated carbocycles. The molecule has 2 saturated heterocycles. The van der Waals surface area contributed by atoms with E-state index in [-0.39, 0.29) is 11.9 Å². The second kappa shape index (κ2) is 6.90. The molecule has 0 aromatic carbocycles. The van der Waals surface area contributed by atoms with Gasteiger partial charge < -0.3 is 19.4 Å². The number of likely N-dealkylation sites (N-methyl/N-ethyl adjacent to an activating group) is 1. The minimum absolute atomic E-state index is 0.104. The molecule has 3 amide bonds. The second-order valence-electron chi connectivity index (χ2n) is 5.43. The molecular weight excluding hydrogens is 260 g/mol. The highest BCUT2D eigenvalue weighted by molar-refractivity contribution is 5.78. The molecule has 0 aliphatic carbocycles. The van der Waals surface area contributed by atoms with Crippen LogP contribution < -0.4 is 0 Å². The van der Waals surface area contributed by atoms with Crippen molar-refractivity contribution in [3.63, 3.8) is 0 Å². The van der Waals surface area contributed by atoms with E-state index >= 15 is 0 Å². The molecule has 0 aromatic rings. The first kappa shape index (κ1) is 15.1. The standard InChI is InChI=1S/C13H24N4O3/c1-14(2)12(18)11-15-3-5-16(6-4-15)13(19)17-7-9-20-10-8-17/h3-11H2,1-2H3. The highest BCUT2D eigenvalue weighted by atomic mass is 16.5. The first-order chi connectivity index (χ1) is 9.58. The molecular formula is C13H24N4O3. The van der Waals surface area contributed by atoms with E-state index in [0.29, 0.717) is 45.9 Å².